The van der Waals surface area contributed by atoms with Gasteiger partial charge in [0.05, 0.1) is 25.4 Å². The van der Waals surface area contributed by atoms with E-state index in [2.05, 4.69) is 26.2 Å². The molecule has 26 heteroatoms. The molecule has 1 unspecified atom stereocenters. The molecule has 2 aliphatic heterocycles. The third-order valence-corrected chi connectivity index (χ3v) is 18.6. The zero-order valence-electron chi connectivity index (χ0n) is 62.9. The topological polar surface area (TPSA) is 300 Å². The lowest BCUT2D eigenvalue weighted by atomic mass is 9.93. The molecule has 0 radical (unpaired) electrons. The third-order valence-electron chi connectivity index (χ3n) is 18.6. The Morgan fingerprint density at radius 3 is 1.49 bits per heavy atom. The largest absolute Gasteiger partial charge is 0.390 e. The summed E-state index contributed by atoms with van der Waals surface area (Å²) in [7, 11) is 8.55. The maximum Gasteiger partial charge on any atom is 0.246 e. The highest BCUT2D eigenvalue weighted by molar-refractivity contribution is 6.00. The molecule has 550 valence electrons. The van der Waals surface area contributed by atoms with Crippen LogP contribution in [0.25, 0.3) is 0 Å². The molecule has 0 aliphatic carbocycles. The first-order valence-electron chi connectivity index (χ1n) is 35.1. The SMILES string of the molecule is C/C=C/[C@@H](C)[C@@H](O)[C@H]1C(=O)N[C@@H](CC)C(=O)N(CCC)[C@H](C)C(=O)N(C)C([C@@H](C)OCCCCN2CCOCC2)C(=O)N[C@@H](C(C)C)C(=O)N(C)[C@@H](CC(C)C)C(=O)N[C@@H](C)C(=O)N[C@H](C)C(=O)N(C)[C@@H](CC(C)C)C(=O)N(C)[C@@H](CC(C)C)C(=O)N(C)[C@@H](C(C)C)C(=O)N1C. The van der Waals surface area contributed by atoms with Crippen molar-refractivity contribution >= 4 is 65.0 Å². The minimum Gasteiger partial charge on any atom is -0.390 e. The van der Waals surface area contributed by atoms with Gasteiger partial charge in [0.15, 0.2) is 0 Å². The quantitative estimate of drug-likeness (QED) is 0.0812. The fourth-order valence-electron chi connectivity index (χ4n) is 12.7. The first-order valence-corrected chi connectivity index (χ1v) is 35.1. The summed E-state index contributed by atoms with van der Waals surface area (Å²) < 4.78 is 11.9. The highest BCUT2D eigenvalue weighted by atomic mass is 16.5. The zero-order chi connectivity index (χ0) is 73.5. The highest BCUT2D eigenvalue weighted by Gasteiger charge is 2.47. The number of carbonyl (C=O) groups is 11. The van der Waals surface area contributed by atoms with Crippen molar-refractivity contribution in [2.75, 3.05) is 88.3 Å². The zero-order valence-corrected chi connectivity index (χ0v) is 62.9. The van der Waals surface area contributed by atoms with Crippen molar-refractivity contribution in [1.82, 2.24) is 60.5 Å². The lowest BCUT2D eigenvalue weighted by Crippen LogP contribution is -2.64. The number of unbranched alkanes of at least 4 members (excludes halogenated alkanes) is 1. The molecule has 96 heavy (non-hydrogen) atoms. The minimum absolute atomic E-state index is 0.00298. The van der Waals surface area contributed by atoms with Gasteiger partial charge in [0.25, 0.3) is 0 Å². The lowest BCUT2D eigenvalue weighted by molar-refractivity contribution is -0.157. The molecular formula is C70H126N12O14. The second-order valence-corrected chi connectivity index (χ2v) is 28.7. The number of nitrogens with one attached hydrogen (secondary N) is 4. The molecule has 26 nitrogen and oxygen atoms in total. The van der Waals surface area contributed by atoms with Crippen LogP contribution in [0.5, 0.6) is 0 Å². The third kappa shape index (κ3) is 24.0. The molecule has 0 aromatic carbocycles. The van der Waals surface area contributed by atoms with E-state index in [9.17, 15) is 24.3 Å². The van der Waals surface area contributed by atoms with Crippen LogP contribution in [0.3, 0.4) is 0 Å². The molecule has 0 bridgehead atoms. The van der Waals surface area contributed by atoms with E-state index in [-0.39, 0.29) is 56.6 Å². The molecule has 11 amide bonds. The van der Waals surface area contributed by atoms with Crippen LogP contribution in [0.2, 0.25) is 0 Å². The number of morpholine rings is 1. The second kappa shape index (κ2) is 40.6. The molecule has 2 heterocycles. The summed E-state index contributed by atoms with van der Waals surface area (Å²) in [5, 5.41) is 23.4. The Labute approximate surface area is 574 Å². The van der Waals surface area contributed by atoms with Gasteiger partial charge >= 0.3 is 0 Å². The monoisotopic (exact) mass is 1360 g/mol. The molecule has 2 fully saturated rings. The summed E-state index contributed by atoms with van der Waals surface area (Å²) >= 11 is 0. The number of hydrogen-bond acceptors (Lipinski definition) is 15. The molecule has 0 spiro atoms. The van der Waals surface area contributed by atoms with Crippen LogP contribution < -0.4 is 21.3 Å². The molecule has 0 aromatic heterocycles. The summed E-state index contributed by atoms with van der Waals surface area (Å²) in [6.07, 6.45) is 2.96. The van der Waals surface area contributed by atoms with Gasteiger partial charge in [-0.2, -0.15) is 0 Å². The average molecular weight is 1360 g/mol. The maximum absolute atomic E-state index is 15.3. The normalized spacial score (nSPS) is 27.4. The van der Waals surface area contributed by atoms with Crippen molar-refractivity contribution in [2.45, 2.75) is 248 Å². The molecule has 2 rings (SSSR count). The van der Waals surface area contributed by atoms with Crippen LogP contribution >= 0.6 is 0 Å². The number of aliphatic hydroxyl groups is 1. The number of likely N-dealkylation sites (N-methyl/N-ethyl adjacent to an activating group) is 6. The Bertz CT molecular complexity index is 2600. The average Bonchev–Trinajstić information content (AvgIpc) is 0.809. The number of nitrogens with zero attached hydrogens (tertiary/aromatic N) is 8. The van der Waals surface area contributed by atoms with Gasteiger partial charge in [0, 0.05) is 74.4 Å². The minimum atomic E-state index is -1.66. The maximum atomic E-state index is 15.3. The Balaban J connectivity index is 3.05. The van der Waals surface area contributed by atoms with Gasteiger partial charge in [0.1, 0.15) is 66.5 Å². The van der Waals surface area contributed by atoms with Gasteiger partial charge in [-0.25, -0.2) is 0 Å². The predicted octanol–water partition coefficient (Wildman–Crippen LogP) is 3.52. The van der Waals surface area contributed by atoms with Crippen molar-refractivity contribution in [3.05, 3.63) is 12.2 Å². The Kier molecular flexibility index (Phi) is 36.3. The Morgan fingerprint density at radius 1 is 0.510 bits per heavy atom. The van der Waals surface area contributed by atoms with E-state index < -0.39 is 161 Å². The number of aliphatic hydroxyl groups excluding tert-OH is 1. The fourth-order valence-corrected chi connectivity index (χ4v) is 12.7. The van der Waals surface area contributed by atoms with Crippen LogP contribution in [0.1, 0.15) is 170 Å². The summed E-state index contributed by atoms with van der Waals surface area (Å²) in [5.74, 6) is -10.1. The van der Waals surface area contributed by atoms with Crippen LogP contribution in [0, 0.1) is 35.5 Å². The van der Waals surface area contributed by atoms with Gasteiger partial charge in [-0.15, -0.1) is 0 Å². The van der Waals surface area contributed by atoms with Crippen molar-refractivity contribution in [2.24, 2.45) is 35.5 Å². The van der Waals surface area contributed by atoms with Crippen LogP contribution in [0.4, 0.5) is 0 Å². The lowest BCUT2D eigenvalue weighted by Gasteiger charge is -2.41. The first kappa shape index (κ1) is 85.8. The highest BCUT2D eigenvalue weighted by Crippen LogP contribution is 2.26. The Morgan fingerprint density at radius 2 is 0.990 bits per heavy atom. The van der Waals surface area contributed by atoms with Crippen LogP contribution in [-0.2, 0) is 62.2 Å². The van der Waals surface area contributed by atoms with E-state index in [4.69, 9.17) is 9.47 Å². The summed E-state index contributed by atoms with van der Waals surface area (Å²) in [4.78, 5) is 175. The summed E-state index contributed by atoms with van der Waals surface area (Å²) in [5.41, 5.74) is 0. The van der Waals surface area contributed by atoms with Crippen molar-refractivity contribution in [1.29, 1.82) is 0 Å². The van der Waals surface area contributed by atoms with E-state index in [0.29, 0.717) is 26.1 Å². The number of rotatable bonds is 21. The predicted molar refractivity (Wildman–Crippen MR) is 370 cm³/mol. The fraction of sp³-hybridized carbons (Fsp3) is 0.814. The van der Waals surface area contributed by atoms with Crippen molar-refractivity contribution in [3.63, 3.8) is 0 Å². The van der Waals surface area contributed by atoms with Crippen molar-refractivity contribution in [3.8, 4) is 0 Å². The molecule has 5 N–H and O–H groups in total. The molecular weight excluding hydrogens is 1230 g/mol. The van der Waals surface area contributed by atoms with Crippen LogP contribution in [-0.4, -0.2) is 276 Å². The van der Waals surface area contributed by atoms with E-state index in [1.54, 1.807) is 67.5 Å². The molecule has 0 aromatic rings. The van der Waals surface area contributed by atoms with E-state index in [1.807, 2.05) is 48.5 Å². The van der Waals surface area contributed by atoms with Gasteiger partial charge in [-0.1, -0.05) is 102 Å². The first-order chi connectivity index (χ1) is 44.7. The second-order valence-electron chi connectivity index (χ2n) is 28.7. The summed E-state index contributed by atoms with van der Waals surface area (Å²) in [6, 6.07) is -14.2. The number of hydrogen-bond donors (Lipinski definition) is 5. The van der Waals surface area contributed by atoms with Gasteiger partial charge in [-0.3, -0.25) is 57.6 Å². The Hall–Kier alpha value is -6.25. The smallest absolute Gasteiger partial charge is 0.246 e. The summed E-state index contributed by atoms with van der Waals surface area (Å²) in [6.45, 7) is 35.0. The molecule has 2 saturated heterocycles. The number of ether oxygens (including phenoxy) is 2. The van der Waals surface area contributed by atoms with Gasteiger partial charge in [0.2, 0.25) is 65.0 Å². The van der Waals surface area contributed by atoms with Gasteiger partial charge < -0.3 is 70.1 Å². The number of carbonyl (C=O) groups excluding carboxylic acids is 11. The molecule has 14 atom stereocenters. The number of allylic oxidation sites excluding steroid dienone is 1. The van der Waals surface area contributed by atoms with E-state index in [1.165, 1.54) is 92.5 Å². The molecule has 2 aliphatic rings. The van der Waals surface area contributed by atoms with E-state index in [0.717, 1.165) is 31.0 Å². The van der Waals surface area contributed by atoms with Crippen molar-refractivity contribution < 1.29 is 67.3 Å². The van der Waals surface area contributed by atoms with E-state index >= 15 is 33.6 Å². The van der Waals surface area contributed by atoms with Crippen LogP contribution in [0.15, 0.2) is 12.2 Å². The van der Waals surface area contributed by atoms with Gasteiger partial charge in [-0.05, 0) is 116 Å². The molecule has 0 saturated carbocycles. The number of amides is 11. The standard InChI is InChI=1S/C70H126N12O14/c1-25-30-46(14)59(83)58-63(87)73-51(27-3)66(90)82(31-26-2)49(17)65(89)79(23)57(50(18)96-35-29-28-32-81-33-36-95-37-34-81)62(86)74-55(44(10)11)69(93)75(19)52(38-41(4)5)61(85)71-47(15)60(84)72-48(16)64(88)76(20)53(39-42(6)7)67(91)77(21)54(40-43(8)9)68(92)78(22)56(45(12)13)70(94)80(58)24/h25,30,41-59,83H,26-29,31-40H2,1-24H3,(H,71,85)(H,72,84)(H,73,87)(H,74,86)/b30-25+/t46-,47+,48-,49-,50-,51+,52+,53+,54+,55+,56+,57?,58+,59-/m1/s1.